The van der Waals surface area contributed by atoms with E-state index in [0.29, 0.717) is 22.0 Å². The number of methoxy groups -OCH3 is 1. The molecule has 0 radical (unpaired) electrons. The summed E-state index contributed by atoms with van der Waals surface area (Å²) in [5.41, 5.74) is -1.53. The molecule has 3 aromatic rings. The molecule has 2 aromatic carbocycles. The van der Waals surface area contributed by atoms with E-state index in [1.165, 1.54) is 37.4 Å². The standard InChI is InChI=1S/C15H18N4O7S.C12H11Cl2NO.Na/c1-4-9-26-14-16-19(15(22)18(14)2)13(21)17-27(23,24)11-8-6-5-7-10(11)12(20)25-3;1-4-12(2,3)15-11(16)8-5-9(13)7-10(14)6-8;/h5-8H,4,9H2,1-3H3,(H,17,21);1,5-7H,2-3H3,(H,15,16);/q;;+1/p-1. The second-order valence-corrected chi connectivity index (χ2v) is 11.5. The van der Waals surface area contributed by atoms with Crippen molar-refractivity contribution < 1.29 is 62.1 Å². The number of esters is 1. The van der Waals surface area contributed by atoms with Gasteiger partial charge in [0.05, 0.1) is 24.8 Å². The van der Waals surface area contributed by atoms with Gasteiger partial charge in [-0.25, -0.2) is 14.2 Å². The second kappa shape index (κ2) is 16.7. The van der Waals surface area contributed by atoms with Gasteiger partial charge in [0.15, 0.2) is 0 Å². The Bertz CT molecular complexity index is 1730. The van der Waals surface area contributed by atoms with Gasteiger partial charge in [-0.1, -0.05) is 48.2 Å². The zero-order valence-electron chi connectivity index (χ0n) is 24.8. The average molecular weight is 677 g/mol. The van der Waals surface area contributed by atoms with Crippen molar-refractivity contribution in [2.24, 2.45) is 11.4 Å². The van der Waals surface area contributed by atoms with Crippen LogP contribution >= 0.6 is 23.2 Å². The summed E-state index contributed by atoms with van der Waals surface area (Å²) in [6.07, 6.45) is 5.91. The van der Waals surface area contributed by atoms with E-state index in [9.17, 15) is 27.9 Å². The maximum absolute atomic E-state index is 12.5. The topological polar surface area (TPSA) is 174 Å². The number of carbonyl (C=O) groups is 2. The van der Waals surface area contributed by atoms with Gasteiger partial charge < -0.3 is 19.9 Å². The summed E-state index contributed by atoms with van der Waals surface area (Å²) < 4.78 is 38.9. The molecule has 1 amide bonds. The Morgan fingerprint density at radius 1 is 1.18 bits per heavy atom. The van der Waals surface area contributed by atoms with Crippen LogP contribution < -0.4 is 50.4 Å². The first kappa shape index (κ1) is 38.7. The summed E-state index contributed by atoms with van der Waals surface area (Å²) >= 11 is 11.6. The summed E-state index contributed by atoms with van der Waals surface area (Å²) in [6, 6.07) is 8.12. The van der Waals surface area contributed by atoms with E-state index in [1.54, 1.807) is 19.9 Å². The van der Waals surface area contributed by atoms with Crippen LogP contribution in [0.25, 0.3) is 0 Å². The van der Waals surface area contributed by atoms with Crippen LogP contribution in [0.3, 0.4) is 0 Å². The van der Waals surface area contributed by atoms with Gasteiger partial charge >= 0.3 is 47.2 Å². The number of nitrogens with one attached hydrogen (secondary N) is 1. The minimum atomic E-state index is -4.61. The molecule has 1 aromatic heterocycles. The normalized spacial score (nSPS) is 11.3. The third-order valence-electron chi connectivity index (χ3n) is 5.24. The second-order valence-electron chi connectivity index (χ2n) is 9.10. The van der Waals surface area contributed by atoms with E-state index in [1.807, 2.05) is 6.92 Å². The van der Waals surface area contributed by atoms with Gasteiger partial charge in [-0.15, -0.1) is 11.5 Å². The molecule has 230 valence electrons. The number of terminal acetylenes is 1. The van der Waals surface area contributed by atoms with Crippen LogP contribution in [0.2, 0.25) is 10.0 Å². The van der Waals surface area contributed by atoms with Crippen molar-refractivity contribution in [1.82, 2.24) is 19.7 Å². The number of rotatable bonds is 8. The number of nitrogens with zero attached hydrogens (tertiary/aromatic N) is 4. The number of hydrogen-bond acceptors (Lipinski definition) is 9. The van der Waals surface area contributed by atoms with Gasteiger partial charge in [0, 0.05) is 22.7 Å². The third kappa shape index (κ3) is 10.4. The van der Waals surface area contributed by atoms with Gasteiger partial charge in [-0.05, 0) is 50.6 Å². The molecule has 0 atom stereocenters. The maximum atomic E-state index is 12.5. The van der Waals surface area contributed by atoms with Crippen LogP contribution in [-0.2, 0) is 21.8 Å². The zero-order valence-corrected chi connectivity index (χ0v) is 29.1. The first-order valence-corrected chi connectivity index (χ1v) is 14.5. The fourth-order valence-electron chi connectivity index (χ4n) is 3.10. The predicted molar refractivity (Wildman–Crippen MR) is 158 cm³/mol. The molecule has 0 unspecified atom stereocenters. The summed E-state index contributed by atoms with van der Waals surface area (Å²) in [5.74, 6) is 1.26. The Labute approximate surface area is 286 Å². The number of carbonyl (C=O) groups excluding carboxylic acids is 2. The van der Waals surface area contributed by atoms with Crippen molar-refractivity contribution >= 4 is 51.1 Å². The molecule has 0 fully saturated rings. The summed E-state index contributed by atoms with van der Waals surface area (Å²) in [6.45, 7) is 5.55. The van der Waals surface area contributed by atoms with E-state index < -0.39 is 38.1 Å². The molecular formula is C27H28Cl2N5NaO8S. The van der Waals surface area contributed by atoms with Crippen LogP contribution in [0.1, 0.15) is 47.9 Å². The molecule has 17 heteroatoms. The fraction of sp³-hybridized carbons (Fsp3) is 0.296. The largest absolute Gasteiger partial charge is 1.00 e. The first-order valence-electron chi connectivity index (χ1n) is 12.3. The summed E-state index contributed by atoms with van der Waals surface area (Å²) in [7, 11) is -2.21. The molecule has 44 heavy (non-hydrogen) atoms. The molecule has 0 aliphatic heterocycles. The average Bonchev–Trinajstić information content (AvgIpc) is 3.23. The van der Waals surface area contributed by atoms with Crippen molar-refractivity contribution in [1.29, 1.82) is 0 Å². The number of hydrogen-bond donors (Lipinski definition) is 1. The monoisotopic (exact) mass is 675 g/mol. The van der Waals surface area contributed by atoms with Crippen molar-refractivity contribution in [3.8, 4) is 18.4 Å². The first-order chi connectivity index (χ1) is 20.1. The Hall–Kier alpha value is -3.32. The van der Waals surface area contributed by atoms with Gasteiger partial charge in [-0.2, -0.15) is 17.5 Å². The summed E-state index contributed by atoms with van der Waals surface area (Å²) in [4.78, 5) is 35.1. The Morgan fingerprint density at radius 3 is 2.32 bits per heavy atom. The van der Waals surface area contributed by atoms with Crippen LogP contribution in [0, 0.1) is 12.3 Å². The van der Waals surface area contributed by atoms with Crippen molar-refractivity contribution in [2.75, 3.05) is 13.7 Å². The fourth-order valence-corrected chi connectivity index (χ4v) is 4.69. The number of sulfonamides is 1. The molecule has 0 spiro atoms. The molecule has 0 aliphatic rings. The van der Waals surface area contributed by atoms with E-state index in [4.69, 9.17) is 34.4 Å². The molecular weight excluding hydrogens is 648 g/mol. The minimum Gasteiger partial charge on any atom is -0.844 e. The number of aromatic nitrogens is 3. The number of benzene rings is 2. The van der Waals surface area contributed by atoms with Crippen LogP contribution in [0.15, 0.2) is 56.6 Å². The Kier molecular flexibility index (Phi) is 14.7. The van der Waals surface area contributed by atoms with Crippen molar-refractivity contribution in [3.63, 3.8) is 0 Å². The molecule has 1 N–H and O–H groups in total. The molecule has 3 rings (SSSR count). The Morgan fingerprint density at radius 2 is 1.77 bits per heavy atom. The van der Waals surface area contributed by atoms with E-state index >= 15 is 0 Å². The zero-order chi connectivity index (χ0) is 32.5. The molecule has 0 aliphatic carbocycles. The Balaban J connectivity index is 0.000000488. The molecule has 0 saturated heterocycles. The molecule has 0 bridgehead atoms. The predicted octanol–water partition coefficient (Wildman–Crippen LogP) is -0.750. The van der Waals surface area contributed by atoms with Gasteiger partial charge in [-0.3, -0.25) is 4.79 Å². The third-order valence-corrected chi connectivity index (χ3v) is 6.98. The van der Waals surface area contributed by atoms with E-state index in [-0.39, 0.29) is 58.3 Å². The minimum absolute atomic E-state index is 0. The van der Waals surface area contributed by atoms with Gasteiger partial charge in [0.1, 0.15) is 10.9 Å². The van der Waals surface area contributed by atoms with Crippen molar-refractivity contribution in [2.45, 2.75) is 37.6 Å². The number of halogens is 2. The summed E-state index contributed by atoms with van der Waals surface area (Å²) in [5, 5.41) is 19.4. The number of amides is 1. The van der Waals surface area contributed by atoms with Gasteiger partial charge in [0.25, 0.3) is 15.9 Å². The van der Waals surface area contributed by atoms with E-state index in [2.05, 4.69) is 25.5 Å². The molecule has 1 heterocycles. The van der Waals surface area contributed by atoms with Crippen molar-refractivity contribution in [3.05, 3.63) is 74.1 Å². The van der Waals surface area contributed by atoms with Crippen LogP contribution in [-0.4, -0.2) is 59.9 Å². The molecule has 13 nitrogen and oxygen atoms in total. The van der Waals surface area contributed by atoms with Crippen LogP contribution in [0.4, 0.5) is 0 Å². The SMILES string of the molecule is C#CC(C)(C)NC(=O)c1cc(Cl)cc(Cl)c1.CCCOc1nn(C([O-])=NS(=O)(=O)c2ccccc2C(=O)OC)c(=O)n1C.[Na+]. The number of ether oxygens (including phenoxy) is 2. The van der Waals surface area contributed by atoms with E-state index in [0.717, 1.165) is 17.7 Å². The van der Waals surface area contributed by atoms with Crippen LogP contribution in [0.5, 0.6) is 6.01 Å². The van der Waals surface area contributed by atoms with Gasteiger partial charge in [0.2, 0.25) is 0 Å². The smallest absolute Gasteiger partial charge is 0.844 e. The molecule has 0 saturated carbocycles. The quantitative estimate of drug-likeness (QED) is 0.106. The maximum Gasteiger partial charge on any atom is 1.00 e.